The maximum absolute atomic E-state index is 13.2. The van der Waals surface area contributed by atoms with Crippen molar-refractivity contribution < 1.29 is 23.9 Å². The summed E-state index contributed by atoms with van der Waals surface area (Å²) in [6, 6.07) is 12.8. The van der Waals surface area contributed by atoms with Crippen LogP contribution in [0, 0.1) is 35.5 Å². The zero-order chi connectivity index (χ0) is 22.1. The van der Waals surface area contributed by atoms with Gasteiger partial charge in [0.15, 0.2) is 5.78 Å². The summed E-state index contributed by atoms with van der Waals surface area (Å²) in [4.78, 5) is 51.8. The van der Waals surface area contributed by atoms with Crippen molar-refractivity contribution in [2.45, 2.75) is 13.3 Å². The van der Waals surface area contributed by atoms with Crippen LogP contribution in [0.3, 0.4) is 0 Å². The van der Waals surface area contributed by atoms with E-state index in [2.05, 4.69) is 12.2 Å². The second kappa shape index (κ2) is 6.73. The van der Waals surface area contributed by atoms with Gasteiger partial charge in [-0.3, -0.25) is 19.3 Å². The molecule has 4 aliphatic carbocycles. The van der Waals surface area contributed by atoms with Crippen LogP contribution >= 0.6 is 0 Å². The van der Waals surface area contributed by atoms with Crippen LogP contribution in [0.5, 0.6) is 5.75 Å². The smallest absolute Gasteiger partial charge is 0.343 e. The van der Waals surface area contributed by atoms with Crippen molar-refractivity contribution in [3.8, 4) is 5.75 Å². The fraction of sp³-hybridized carbons (Fsp3) is 0.308. The quantitative estimate of drug-likeness (QED) is 0.245. The third-order valence-electron chi connectivity index (χ3n) is 7.48. The van der Waals surface area contributed by atoms with Crippen LogP contribution in [0.25, 0.3) is 0 Å². The third kappa shape index (κ3) is 2.72. The Bertz CT molecular complexity index is 1180. The highest BCUT2D eigenvalue weighted by Gasteiger charge is 2.67. The van der Waals surface area contributed by atoms with Crippen molar-refractivity contribution in [2.75, 3.05) is 4.90 Å². The monoisotopic (exact) mass is 427 g/mol. The summed E-state index contributed by atoms with van der Waals surface area (Å²) in [5.74, 6) is 0.306. The lowest BCUT2D eigenvalue weighted by Gasteiger charge is -2.37. The fourth-order valence-corrected chi connectivity index (χ4v) is 5.90. The minimum absolute atomic E-state index is 0.117. The Morgan fingerprint density at radius 2 is 1.50 bits per heavy atom. The number of ether oxygens (including phenoxy) is 1. The minimum Gasteiger partial charge on any atom is -0.423 e. The van der Waals surface area contributed by atoms with Gasteiger partial charge in [0.25, 0.3) is 0 Å². The Balaban J connectivity index is 1.21. The number of benzene rings is 2. The van der Waals surface area contributed by atoms with E-state index in [1.807, 2.05) is 0 Å². The van der Waals surface area contributed by atoms with Gasteiger partial charge in [0.1, 0.15) is 5.75 Å². The van der Waals surface area contributed by atoms with E-state index in [0.717, 1.165) is 6.42 Å². The first-order valence-electron chi connectivity index (χ1n) is 10.9. The van der Waals surface area contributed by atoms with Gasteiger partial charge in [-0.1, -0.05) is 24.3 Å². The second-order valence-electron chi connectivity index (χ2n) is 9.19. The third-order valence-corrected chi connectivity index (χ3v) is 7.48. The van der Waals surface area contributed by atoms with Crippen LogP contribution in [0.2, 0.25) is 0 Å². The molecule has 3 fully saturated rings. The molecule has 1 saturated heterocycles. The molecule has 0 unspecified atom stereocenters. The number of anilines is 1. The van der Waals surface area contributed by atoms with Crippen LogP contribution in [-0.4, -0.2) is 23.6 Å². The molecule has 7 rings (SSSR count). The van der Waals surface area contributed by atoms with Gasteiger partial charge in [0, 0.05) is 5.56 Å². The first-order valence-corrected chi connectivity index (χ1v) is 10.9. The standard InChI is InChI=1S/C26H21NO5/c1-13(28)15-3-2-4-17(11-15)32-26(31)14-5-7-16(8-6-14)27-24(29)22-18-9-10-19(21-12-20(18)21)23(22)25(27)30/h2-11,18-23H,12H2,1H3/t18-,19-,20-,21+,22+,23+/m0/s1. The molecule has 6 nitrogen and oxygen atoms in total. The molecular weight excluding hydrogens is 406 g/mol. The van der Waals surface area contributed by atoms with Crippen molar-refractivity contribution in [3.63, 3.8) is 0 Å². The molecule has 6 atom stereocenters. The van der Waals surface area contributed by atoms with Crippen LogP contribution in [0.1, 0.15) is 34.1 Å². The Morgan fingerprint density at radius 1 is 0.875 bits per heavy atom. The van der Waals surface area contributed by atoms with Gasteiger partial charge in [0.2, 0.25) is 11.8 Å². The predicted molar refractivity (Wildman–Crippen MR) is 115 cm³/mol. The van der Waals surface area contributed by atoms with Gasteiger partial charge in [-0.05, 0) is 73.4 Å². The van der Waals surface area contributed by atoms with Crippen molar-refractivity contribution in [2.24, 2.45) is 35.5 Å². The minimum atomic E-state index is -0.577. The lowest BCUT2D eigenvalue weighted by Crippen LogP contribution is -2.40. The van der Waals surface area contributed by atoms with Gasteiger partial charge >= 0.3 is 5.97 Å². The van der Waals surface area contributed by atoms with Gasteiger partial charge < -0.3 is 4.74 Å². The lowest BCUT2D eigenvalue weighted by atomic mass is 9.63. The molecule has 0 N–H and O–H groups in total. The lowest BCUT2D eigenvalue weighted by molar-refractivity contribution is -0.124. The summed E-state index contributed by atoms with van der Waals surface area (Å²) in [5, 5.41) is 0. The summed E-state index contributed by atoms with van der Waals surface area (Å²) in [5.41, 5.74) is 1.23. The maximum atomic E-state index is 13.2. The van der Waals surface area contributed by atoms with Crippen LogP contribution in [-0.2, 0) is 9.59 Å². The molecule has 2 aromatic carbocycles. The normalized spacial score (nSPS) is 31.3. The number of allylic oxidation sites excluding steroid dienone is 2. The molecule has 5 aliphatic rings. The van der Waals surface area contributed by atoms with Crippen molar-refractivity contribution >= 4 is 29.3 Å². The fourth-order valence-electron chi connectivity index (χ4n) is 5.90. The topological polar surface area (TPSA) is 80.8 Å². The first-order chi connectivity index (χ1) is 15.4. The molecule has 160 valence electrons. The van der Waals surface area contributed by atoms with Crippen molar-refractivity contribution in [1.82, 2.24) is 0 Å². The van der Waals surface area contributed by atoms with E-state index in [1.165, 1.54) is 17.9 Å². The molecule has 2 aromatic rings. The molecule has 6 heteroatoms. The number of Topliss-reactive ketones (excluding diaryl/α,β-unsaturated/α-hetero) is 1. The number of carbonyl (C=O) groups is 4. The summed E-state index contributed by atoms with van der Waals surface area (Å²) >= 11 is 0. The largest absolute Gasteiger partial charge is 0.423 e. The Hall–Kier alpha value is -3.54. The number of esters is 1. The SMILES string of the molecule is CC(=O)c1cccc(OC(=O)c2ccc(N3C(=O)[C@@H]4[C@H]5C=C[C@@H]([C@@H]6C[C@H]56)[C@H]4C3=O)cc2)c1. The maximum Gasteiger partial charge on any atom is 0.343 e. The molecule has 0 radical (unpaired) electrons. The zero-order valence-electron chi connectivity index (χ0n) is 17.4. The van der Waals surface area contributed by atoms with E-state index in [4.69, 9.17) is 4.74 Å². The average Bonchev–Trinajstić information content (AvgIpc) is 3.57. The number of hydrogen-bond donors (Lipinski definition) is 0. The first kappa shape index (κ1) is 19.2. The van der Waals surface area contributed by atoms with Crippen LogP contribution in [0.4, 0.5) is 5.69 Å². The molecule has 0 aromatic heterocycles. The van der Waals surface area contributed by atoms with Gasteiger partial charge in [-0.25, -0.2) is 4.79 Å². The number of carbonyl (C=O) groups excluding carboxylic acids is 4. The highest BCUT2D eigenvalue weighted by atomic mass is 16.5. The molecule has 32 heavy (non-hydrogen) atoms. The zero-order valence-corrected chi connectivity index (χ0v) is 17.4. The molecule has 2 saturated carbocycles. The Morgan fingerprint density at radius 3 is 2.09 bits per heavy atom. The number of imide groups is 1. The van der Waals surface area contributed by atoms with Crippen LogP contribution < -0.4 is 9.64 Å². The van der Waals surface area contributed by atoms with E-state index in [-0.39, 0.29) is 47.0 Å². The van der Waals surface area contributed by atoms with Crippen molar-refractivity contribution in [1.29, 1.82) is 0 Å². The molecule has 0 spiro atoms. The van der Waals surface area contributed by atoms with Gasteiger partial charge in [0.05, 0.1) is 23.1 Å². The van der Waals surface area contributed by atoms with E-state index in [9.17, 15) is 19.2 Å². The number of ketones is 1. The van der Waals surface area contributed by atoms with Crippen LogP contribution in [0.15, 0.2) is 60.7 Å². The molecule has 1 aliphatic heterocycles. The highest BCUT2D eigenvalue weighted by Crippen LogP contribution is 2.65. The highest BCUT2D eigenvalue weighted by molar-refractivity contribution is 6.22. The molecule has 1 heterocycles. The number of nitrogens with zero attached hydrogens (tertiary/aromatic N) is 1. The van der Waals surface area contributed by atoms with Gasteiger partial charge in [-0.15, -0.1) is 0 Å². The Kier molecular flexibility index (Phi) is 4.03. The predicted octanol–water partition coefficient (Wildman–Crippen LogP) is 3.67. The average molecular weight is 427 g/mol. The van der Waals surface area contributed by atoms with E-state index < -0.39 is 5.97 Å². The number of hydrogen-bond acceptors (Lipinski definition) is 5. The number of rotatable bonds is 4. The van der Waals surface area contributed by atoms with E-state index in [1.54, 1.807) is 42.5 Å². The summed E-state index contributed by atoms with van der Waals surface area (Å²) in [6.45, 7) is 1.45. The summed E-state index contributed by atoms with van der Waals surface area (Å²) < 4.78 is 5.38. The second-order valence-corrected chi connectivity index (χ2v) is 9.19. The summed E-state index contributed by atoms with van der Waals surface area (Å²) in [7, 11) is 0. The number of amides is 2. The Labute approximate surface area is 184 Å². The molecule has 2 bridgehead atoms. The van der Waals surface area contributed by atoms with Gasteiger partial charge in [-0.2, -0.15) is 0 Å². The summed E-state index contributed by atoms with van der Waals surface area (Å²) in [6.07, 6.45) is 5.42. The van der Waals surface area contributed by atoms with Crippen molar-refractivity contribution in [3.05, 3.63) is 71.8 Å². The molecule has 2 amide bonds. The van der Waals surface area contributed by atoms with E-state index in [0.29, 0.717) is 28.7 Å². The molecular formula is C26H21NO5. The van der Waals surface area contributed by atoms with E-state index >= 15 is 0 Å².